The highest BCUT2D eigenvalue weighted by Crippen LogP contribution is 2.28. The van der Waals surface area contributed by atoms with Crippen molar-refractivity contribution in [2.45, 2.75) is 0 Å². The van der Waals surface area contributed by atoms with Crippen molar-refractivity contribution >= 4 is 23.0 Å². The number of hydrogen-bond donors (Lipinski definition) is 0. The van der Waals surface area contributed by atoms with Crippen LogP contribution < -0.4 is 0 Å². The first-order valence-corrected chi connectivity index (χ1v) is 8.67. The van der Waals surface area contributed by atoms with Crippen LogP contribution in [0, 0.1) is 0 Å². The lowest BCUT2D eigenvalue weighted by Gasteiger charge is -2.13. The summed E-state index contributed by atoms with van der Waals surface area (Å²) in [7, 11) is 0. The van der Waals surface area contributed by atoms with Gasteiger partial charge in [-0.3, -0.25) is 4.79 Å². The number of carbonyl (C=O) groups is 1. The van der Waals surface area contributed by atoms with Crippen LogP contribution in [0.1, 0.15) is 22.3 Å². The molecule has 1 nitrogen and oxygen atoms in total. The molecule has 26 heavy (non-hydrogen) atoms. The molecule has 0 N–H and O–H groups in total. The lowest BCUT2D eigenvalue weighted by atomic mass is 9.90. The first kappa shape index (κ1) is 16.0. The first-order chi connectivity index (χ1) is 12.8. The zero-order chi connectivity index (χ0) is 17.8. The summed E-state index contributed by atoms with van der Waals surface area (Å²) in [6.07, 6.45) is 7.52. The minimum atomic E-state index is 0.0421. The van der Waals surface area contributed by atoms with Gasteiger partial charge in [0.05, 0.1) is 0 Å². The van der Waals surface area contributed by atoms with Gasteiger partial charge >= 0.3 is 0 Å². The third-order valence-electron chi connectivity index (χ3n) is 4.52. The molecule has 1 heteroatoms. The van der Waals surface area contributed by atoms with Crippen molar-refractivity contribution in [2.75, 3.05) is 0 Å². The maximum absolute atomic E-state index is 12.5. The third-order valence-corrected chi connectivity index (χ3v) is 4.52. The Morgan fingerprint density at radius 3 is 1.88 bits per heavy atom. The highest BCUT2D eigenvalue weighted by atomic mass is 16.1. The standard InChI is InChI=1S/C25H18O/c26-25-18-15-21-13-7-8-14-23(21)24(25)17-16-22(19-9-3-1-4-10-19)20-11-5-2-6-12-20/h1-18H/b24-17+. The third kappa shape index (κ3) is 3.20. The lowest BCUT2D eigenvalue weighted by Crippen LogP contribution is -2.04. The maximum atomic E-state index is 12.5. The monoisotopic (exact) mass is 334 g/mol. The van der Waals surface area contributed by atoms with Gasteiger partial charge in [0.15, 0.2) is 5.78 Å². The molecule has 0 aliphatic heterocycles. The maximum Gasteiger partial charge on any atom is 0.186 e. The summed E-state index contributed by atoms with van der Waals surface area (Å²) in [5.74, 6) is 0.0421. The van der Waals surface area contributed by atoms with E-state index in [1.165, 1.54) is 0 Å². The van der Waals surface area contributed by atoms with E-state index in [9.17, 15) is 4.79 Å². The summed E-state index contributed by atoms with van der Waals surface area (Å²) in [6.45, 7) is 0. The van der Waals surface area contributed by atoms with Crippen LogP contribution in [0.4, 0.5) is 0 Å². The minimum Gasteiger partial charge on any atom is -0.289 e. The van der Waals surface area contributed by atoms with Gasteiger partial charge in [-0.15, -0.1) is 0 Å². The van der Waals surface area contributed by atoms with E-state index in [1.807, 2.05) is 78.9 Å². The molecule has 4 rings (SSSR count). The number of ketones is 1. The fraction of sp³-hybridized carbons (Fsp3) is 0. The van der Waals surface area contributed by atoms with E-state index in [2.05, 4.69) is 24.3 Å². The zero-order valence-electron chi connectivity index (χ0n) is 14.3. The second-order valence-corrected chi connectivity index (χ2v) is 6.18. The Hall–Kier alpha value is -3.45. The smallest absolute Gasteiger partial charge is 0.186 e. The van der Waals surface area contributed by atoms with Crippen molar-refractivity contribution in [3.05, 3.63) is 125 Å². The number of hydrogen-bond acceptors (Lipinski definition) is 1. The van der Waals surface area contributed by atoms with Gasteiger partial charge in [0.2, 0.25) is 0 Å². The van der Waals surface area contributed by atoms with Gasteiger partial charge in [-0.25, -0.2) is 0 Å². The fourth-order valence-electron chi connectivity index (χ4n) is 3.21. The molecule has 0 bridgehead atoms. The van der Waals surface area contributed by atoms with Crippen molar-refractivity contribution in [3.63, 3.8) is 0 Å². The average molecular weight is 334 g/mol. The van der Waals surface area contributed by atoms with Crippen LogP contribution in [0.5, 0.6) is 0 Å². The molecule has 0 spiro atoms. The summed E-state index contributed by atoms with van der Waals surface area (Å²) in [6, 6.07) is 28.5. The molecule has 0 saturated heterocycles. The summed E-state index contributed by atoms with van der Waals surface area (Å²) in [4.78, 5) is 12.5. The second kappa shape index (κ2) is 7.20. The molecule has 124 valence electrons. The van der Waals surface area contributed by atoms with Crippen molar-refractivity contribution in [1.29, 1.82) is 0 Å². The van der Waals surface area contributed by atoms with Crippen molar-refractivity contribution in [3.8, 4) is 0 Å². The Morgan fingerprint density at radius 1 is 0.654 bits per heavy atom. The van der Waals surface area contributed by atoms with Crippen LogP contribution in [-0.4, -0.2) is 5.78 Å². The van der Waals surface area contributed by atoms with E-state index in [-0.39, 0.29) is 5.78 Å². The van der Waals surface area contributed by atoms with Gasteiger partial charge in [0, 0.05) is 5.57 Å². The van der Waals surface area contributed by atoms with E-state index < -0.39 is 0 Å². The molecule has 0 amide bonds. The van der Waals surface area contributed by atoms with Crippen LogP contribution in [-0.2, 0) is 4.79 Å². The predicted octanol–water partition coefficient (Wildman–Crippen LogP) is 5.80. The SMILES string of the molecule is O=C1C=Cc2ccccc2/C1=C\C=C(c1ccccc1)c1ccccc1. The van der Waals surface area contributed by atoms with Crippen LogP contribution in [0.15, 0.2) is 103 Å². The van der Waals surface area contributed by atoms with Crippen LogP contribution in [0.25, 0.3) is 17.2 Å². The van der Waals surface area contributed by atoms with Gasteiger partial charge < -0.3 is 0 Å². The number of fused-ring (bicyclic) bond motifs is 1. The Bertz CT molecular complexity index is 981. The quantitative estimate of drug-likeness (QED) is 0.553. The van der Waals surface area contributed by atoms with Crippen LogP contribution in [0.3, 0.4) is 0 Å². The molecular weight excluding hydrogens is 316 g/mol. The van der Waals surface area contributed by atoms with Crippen LogP contribution in [0.2, 0.25) is 0 Å². The number of rotatable bonds is 3. The lowest BCUT2D eigenvalue weighted by molar-refractivity contribution is -0.109. The van der Waals surface area contributed by atoms with Gasteiger partial charge in [-0.05, 0) is 40.0 Å². The van der Waals surface area contributed by atoms with E-state index in [0.29, 0.717) is 0 Å². The molecule has 0 saturated carbocycles. The van der Waals surface area contributed by atoms with Gasteiger partial charge in [0.1, 0.15) is 0 Å². The van der Waals surface area contributed by atoms with E-state index >= 15 is 0 Å². The molecule has 1 aliphatic rings. The highest BCUT2D eigenvalue weighted by molar-refractivity contribution is 6.30. The summed E-state index contributed by atoms with van der Waals surface area (Å²) in [5, 5.41) is 0. The summed E-state index contributed by atoms with van der Waals surface area (Å²) in [5.41, 5.74) is 6.14. The molecule has 0 fully saturated rings. The van der Waals surface area contributed by atoms with Crippen molar-refractivity contribution in [2.24, 2.45) is 0 Å². The molecule has 1 aliphatic carbocycles. The molecule has 0 aromatic heterocycles. The second-order valence-electron chi connectivity index (χ2n) is 6.18. The Balaban J connectivity index is 1.85. The summed E-state index contributed by atoms with van der Waals surface area (Å²) < 4.78 is 0. The molecule has 3 aromatic carbocycles. The van der Waals surface area contributed by atoms with Gasteiger partial charge in [-0.1, -0.05) is 97.1 Å². The molecule has 3 aromatic rings. The first-order valence-electron chi connectivity index (χ1n) is 8.67. The molecular formula is C25H18O. The largest absolute Gasteiger partial charge is 0.289 e. The molecule has 0 atom stereocenters. The zero-order valence-corrected chi connectivity index (χ0v) is 14.3. The normalized spacial score (nSPS) is 14.2. The molecule has 0 heterocycles. The van der Waals surface area contributed by atoms with Crippen molar-refractivity contribution in [1.82, 2.24) is 0 Å². The summed E-state index contributed by atoms with van der Waals surface area (Å²) >= 11 is 0. The van der Waals surface area contributed by atoms with E-state index in [1.54, 1.807) is 6.08 Å². The number of allylic oxidation sites excluding steroid dienone is 4. The van der Waals surface area contributed by atoms with Crippen LogP contribution >= 0.6 is 0 Å². The van der Waals surface area contributed by atoms with E-state index in [4.69, 9.17) is 0 Å². The molecule has 0 radical (unpaired) electrons. The van der Waals surface area contributed by atoms with Gasteiger partial charge in [0.25, 0.3) is 0 Å². The average Bonchev–Trinajstić information content (AvgIpc) is 2.71. The fourth-order valence-corrected chi connectivity index (χ4v) is 3.21. The highest BCUT2D eigenvalue weighted by Gasteiger charge is 2.16. The molecule has 0 unspecified atom stereocenters. The Labute approximate surface area is 153 Å². The Morgan fingerprint density at radius 2 is 1.23 bits per heavy atom. The van der Waals surface area contributed by atoms with Crippen molar-refractivity contribution < 1.29 is 4.79 Å². The number of carbonyl (C=O) groups excluding carboxylic acids is 1. The Kier molecular flexibility index (Phi) is 4.44. The predicted molar refractivity (Wildman–Crippen MR) is 108 cm³/mol. The van der Waals surface area contributed by atoms with Gasteiger partial charge in [-0.2, -0.15) is 0 Å². The minimum absolute atomic E-state index is 0.0421. The van der Waals surface area contributed by atoms with E-state index in [0.717, 1.165) is 33.4 Å². The number of benzene rings is 3. The topological polar surface area (TPSA) is 17.1 Å².